The standard InChI is InChI=1S/C11H26N2O2S/c1-5-11(6-2)13(8-7-12)16(14,15)9-10(3)4/h10-11H,5-9,12H2,1-4H3. The van der Waals surface area contributed by atoms with Gasteiger partial charge in [-0.2, -0.15) is 4.31 Å². The van der Waals surface area contributed by atoms with Crippen molar-refractivity contribution in [2.45, 2.75) is 46.6 Å². The quantitative estimate of drug-likeness (QED) is 0.708. The predicted octanol–water partition coefficient (Wildman–Crippen LogP) is 1.42. The van der Waals surface area contributed by atoms with Crippen molar-refractivity contribution in [3.8, 4) is 0 Å². The highest BCUT2D eigenvalue weighted by molar-refractivity contribution is 7.89. The van der Waals surface area contributed by atoms with Crippen LogP contribution in [-0.2, 0) is 10.0 Å². The van der Waals surface area contributed by atoms with Gasteiger partial charge in [0.15, 0.2) is 0 Å². The van der Waals surface area contributed by atoms with Gasteiger partial charge in [0.25, 0.3) is 0 Å². The van der Waals surface area contributed by atoms with Crippen LogP contribution in [0.2, 0.25) is 0 Å². The van der Waals surface area contributed by atoms with E-state index in [1.54, 1.807) is 4.31 Å². The molecule has 98 valence electrons. The van der Waals surface area contributed by atoms with Crippen LogP contribution >= 0.6 is 0 Å². The molecule has 0 unspecified atom stereocenters. The van der Waals surface area contributed by atoms with Crippen LogP contribution in [0, 0.1) is 5.92 Å². The molecule has 5 heteroatoms. The Morgan fingerprint density at radius 1 is 1.19 bits per heavy atom. The highest BCUT2D eigenvalue weighted by atomic mass is 32.2. The molecule has 0 aliphatic carbocycles. The third-order valence-electron chi connectivity index (χ3n) is 2.60. The second-order valence-corrected chi connectivity index (χ2v) is 6.51. The van der Waals surface area contributed by atoms with Crippen molar-refractivity contribution in [2.75, 3.05) is 18.8 Å². The fourth-order valence-corrected chi connectivity index (χ4v) is 4.06. The Morgan fingerprint density at radius 3 is 2.00 bits per heavy atom. The van der Waals surface area contributed by atoms with Gasteiger partial charge in [0.1, 0.15) is 0 Å². The van der Waals surface area contributed by atoms with Crippen molar-refractivity contribution in [1.82, 2.24) is 4.31 Å². The van der Waals surface area contributed by atoms with E-state index >= 15 is 0 Å². The first kappa shape index (κ1) is 15.9. The summed E-state index contributed by atoms with van der Waals surface area (Å²) in [6.07, 6.45) is 1.68. The molecule has 0 bridgehead atoms. The van der Waals surface area contributed by atoms with Crippen LogP contribution < -0.4 is 5.73 Å². The zero-order chi connectivity index (χ0) is 12.8. The van der Waals surface area contributed by atoms with Crippen molar-refractivity contribution in [1.29, 1.82) is 0 Å². The molecule has 0 amide bonds. The van der Waals surface area contributed by atoms with E-state index in [9.17, 15) is 8.42 Å². The van der Waals surface area contributed by atoms with Crippen LogP contribution in [0.5, 0.6) is 0 Å². The first-order chi connectivity index (χ1) is 7.38. The zero-order valence-electron chi connectivity index (χ0n) is 10.9. The summed E-state index contributed by atoms with van der Waals surface area (Å²) in [6, 6.07) is 0.0901. The van der Waals surface area contributed by atoms with E-state index in [4.69, 9.17) is 5.73 Å². The summed E-state index contributed by atoms with van der Waals surface area (Å²) in [5.41, 5.74) is 5.50. The summed E-state index contributed by atoms with van der Waals surface area (Å²) in [7, 11) is -3.15. The molecule has 0 rings (SSSR count). The predicted molar refractivity (Wildman–Crippen MR) is 68.8 cm³/mol. The maximum absolute atomic E-state index is 12.2. The number of nitrogens with zero attached hydrogens (tertiary/aromatic N) is 1. The van der Waals surface area contributed by atoms with Crippen LogP contribution in [0.3, 0.4) is 0 Å². The van der Waals surface area contributed by atoms with E-state index in [0.29, 0.717) is 13.1 Å². The van der Waals surface area contributed by atoms with Gasteiger partial charge in [-0.05, 0) is 18.8 Å². The lowest BCUT2D eigenvalue weighted by molar-refractivity contribution is 0.307. The number of hydrogen-bond acceptors (Lipinski definition) is 3. The lowest BCUT2D eigenvalue weighted by Gasteiger charge is -2.29. The van der Waals surface area contributed by atoms with Gasteiger partial charge >= 0.3 is 0 Å². The van der Waals surface area contributed by atoms with E-state index < -0.39 is 10.0 Å². The third-order valence-corrected chi connectivity index (χ3v) is 4.88. The van der Waals surface area contributed by atoms with Gasteiger partial charge in [-0.25, -0.2) is 8.42 Å². The fourth-order valence-electron chi connectivity index (χ4n) is 1.89. The molecular weight excluding hydrogens is 224 g/mol. The Morgan fingerprint density at radius 2 is 1.69 bits per heavy atom. The molecular formula is C11H26N2O2S. The number of sulfonamides is 1. The average molecular weight is 250 g/mol. The van der Waals surface area contributed by atoms with Gasteiger partial charge in [0, 0.05) is 19.1 Å². The molecule has 0 fully saturated rings. The summed E-state index contributed by atoms with van der Waals surface area (Å²) in [5.74, 6) is 0.364. The number of hydrogen-bond donors (Lipinski definition) is 1. The minimum Gasteiger partial charge on any atom is -0.329 e. The molecule has 0 aromatic rings. The van der Waals surface area contributed by atoms with E-state index in [1.807, 2.05) is 27.7 Å². The van der Waals surface area contributed by atoms with E-state index in [0.717, 1.165) is 12.8 Å². The van der Waals surface area contributed by atoms with Crippen LogP contribution in [0.25, 0.3) is 0 Å². The van der Waals surface area contributed by atoms with Crippen LogP contribution in [0.1, 0.15) is 40.5 Å². The lowest BCUT2D eigenvalue weighted by Crippen LogP contribution is -2.44. The van der Waals surface area contributed by atoms with Crippen molar-refractivity contribution in [3.05, 3.63) is 0 Å². The SMILES string of the molecule is CCC(CC)N(CCN)S(=O)(=O)CC(C)C. The average Bonchev–Trinajstić information content (AvgIpc) is 2.16. The summed E-state index contributed by atoms with van der Waals surface area (Å²) in [5, 5.41) is 0. The fraction of sp³-hybridized carbons (Fsp3) is 1.00. The van der Waals surface area contributed by atoms with Crippen LogP contribution in [-0.4, -0.2) is 37.6 Å². The smallest absolute Gasteiger partial charge is 0.214 e. The summed E-state index contributed by atoms with van der Waals surface area (Å²) in [6.45, 7) is 8.69. The van der Waals surface area contributed by atoms with E-state index in [1.165, 1.54) is 0 Å². The Balaban J connectivity index is 4.88. The summed E-state index contributed by atoms with van der Waals surface area (Å²) in [4.78, 5) is 0. The van der Waals surface area contributed by atoms with Crippen molar-refractivity contribution < 1.29 is 8.42 Å². The first-order valence-corrected chi connectivity index (χ1v) is 7.69. The van der Waals surface area contributed by atoms with Gasteiger partial charge in [-0.1, -0.05) is 27.7 Å². The van der Waals surface area contributed by atoms with E-state index in [2.05, 4.69) is 0 Å². The minimum absolute atomic E-state index is 0.0901. The Bertz CT molecular complexity index is 272. The molecule has 0 aromatic heterocycles. The second kappa shape index (κ2) is 7.25. The Kier molecular flexibility index (Phi) is 7.19. The summed E-state index contributed by atoms with van der Waals surface area (Å²) < 4.78 is 25.9. The third kappa shape index (κ3) is 4.80. The first-order valence-electron chi connectivity index (χ1n) is 6.08. The largest absolute Gasteiger partial charge is 0.329 e. The number of nitrogens with two attached hydrogens (primary N) is 1. The molecule has 0 aromatic carbocycles. The summed E-state index contributed by atoms with van der Waals surface area (Å²) >= 11 is 0. The molecule has 0 aliphatic rings. The van der Waals surface area contributed by atoms with Crippen LogP contribution in [0.4, 0.5) is 0 Å². The minimum atomic E-state index is -3.15. The molecule has 0 radical (unpaired) electrons. The van der Waals surface area contributed by atoms with Crippen molar-refractivity contribution >= 4 is 10.0 Å². The van der Waals surface area contributed by atoms with Gasteiger partial charge in [0.2, 0.25) is 10.0 Å². The topological polar surface area (TPSA) is 63.4 Å². The number of rotatable bonds is 8. The van der Waals surface area contributed by atoms with Crippen molar-refractivity contribution in [2.24, 2.45) is 11.7 Å². The van der Waals surface area contributed by atoms with Gasteiger partial charge in [0.05, 0.1) is 5.75 Å². The molecule has 0 atom stereocenters. The molecule has 0 heterocycles. The maximum Gasteiger partial charge on any atom is 0.214 e. The molecule has 0 aliphatic heterocycles. The lowest BCUT2D eigenvalue weighted by atomic mass is 10.2. The maximum atomic E-state index is 12.2. The Hall–Kier alpha value is -0.130. The highest BCUT2D eigenvalue weighted by Gasteiger charge is 2.27. The monoisotopic (exact) mass is 250 g/mol. The zero-order valence-corrected chi connectivity index (χ0v) is 11.8. The second-order valence-electron chi connectivity index (χ2n) is 4.54. The van der Waals surface area contributed by atoms with Gasteiger partial charge in [-0.15, -0.1) is 0 Å². The normalized spacial score (nSPS) is 13.0. The molecule has 4 nitrogen and oxygen atoms in total. The molecule has 0 saturated carbocycles. The highest BCUT2D eigenvalue weighted by Crippen LogP contribution is 2.15. The molecule has 2 N–H and O–H groups in total. The van der Waals surface area contributed by atoms with Gasteiger partial charge < -0.3 is 5.73 Å². The molecule has 16 heavy (non-hydrogen) atoms. The van der Waals surface area contributed by atoms with Crippen LogP contribution in [0.15, 0.2) is 0 Å². The van der Waals surface area contributed by atoms with E-state index in [-0.39, 0.29) is 17.7 Å². The van der Waals surface area contributed by atoms with Gasteiger partial charge in [-0.3, -0.25) is 0 Å². The Labute approximate surface area is 100 Å². The molecule has 0 spiro atoms. The van der Waals surface area contributed by atoms with Crippen molar-refractivity contribution in [3.63, 3.8) is 0 Å². The molecule has 0 saturated heterocycles.